The molecule has 0 saturated heterocycles. The second kappa shape index (κ2) is 8.49. The summed E-state index contributed by atoms with van der Waals surface area (Å²) < 4.78 is 0.691. The summed E-state index contributed by atoms with van der Waals surface area (Å²) in [6.07, 6.45) is 0. The van der Waals surface area contributed by atoms with Crippen LogP contribution in [0.15, 0.2) is 28.6 Å². The van der Waals surface area contributed by atoms with Gasteiger partial charge in [-0.2, -0.15) is 0 Å². The number of carbonyl (C=O) groups excluding carboxylic acids is 2. The molecule has 0 spiro atoms. The Morgan fingerprint density at radius 1 is 1.22 bits per heavy atom. The van der Waals surface area contributed by atoms with Gasteiger partial charge >= 0.3 is 0 Å². The number of amides is 2. The number of thioether (sulfide) groups is 1. The summed E-state index contributed by atoms with van der Waals surface area (Å²) in [6.45, 7) is 1.99. The van der Waals surface area contributed by atoms with Gasteiger partial charge in [-0.15, -0.1) is 10.2 Å². The molecule has 0 unspecified atom stereocenters. The standard InChI is InChI=1S/C14H17N5O2S2/c1-9-5-3-4-6-10(9)17-13-18-19-14(23-13)22-8-12(21)16-7-11(20)15-2/h3-6H,7-8H2,1-2H3,(H,15,20)(H,16,21)(H,17,18). The number of rotatable bonds is 7. The number of aromatic nitrogens is 2. The second-order valence-electron chi connectivity index (χ2n) is 4.55. The van der Waals surface area contributed by atoms with Crippen LogP contribution in [0.3, 0.4) is 0 Å². The summed E-state index contributed by atoms with van der Waals surface area (Å²) in [4.78, 5) is 22.6. The van der Waals surface area contributed by atoms with Crippen molar-refractivity contribution in [1.29, 1.82) is 0 Å². The van der Waals surface area contributed by atoms with E-state index in [1.807, 2.05) is 31.2 Å². The SMILES string of the molecule is CNC(=O)CNC(=O)CSc1nnc(Nc2ccccc2C)s1. The van der Waals surface area contributed by atoms with Crippen LogP contribution in [0.5, 0.6) is 0 Å². The molecule has 0 fully saturated rings. The van der Waals surface area contributed by atoms with Gasteiger partial charge in [0.15, 0.2) is 4.34 Å². The Morgan fingerprint density at radius 2 is 2.00 bits per heavy atom. The molecule has 1 aromatic heterocycles. The van der Waals surface area contributed by atoms with Gasteiger partial charge in [0.2, 0.25) is 16.9 Å². The maximum absolute atomic E-state index is 11.6. The van der Waals surface area contributed by atoms with Gasteiger partial charge in [0.05, 0.1) is 12.3 Å². The van der Waals surface area contributed by atoms with Crippen molar-refractivity contribution in [3.63, 3.8) is 0 Å². The first-order valence-electron chi connectivity index (χ1n) is 6.84. The summed E-state index contributed by atoms with van der Waals surface area (Å²) in [5.41, 5.74) is 2.09. The molecule has 2 amide bonds. The van der Waals surface area contributed by atoms with Crippen molar-refractivity contribution in [3.05, 3.63) is 29.8 Å². The average Bonchev–Trinajstić information content (AvgIpc) is 3.00. The molecule has 0 atom stereocenters. The molecule has 122 valence electrons. The summed E-state index contributed by atoms with van der Waals surface area (Å²) >= 11 is 2.66. The number of likely N-dealkylation sites (N-methyl/N-ethyl adjacent to an activating group) is 1. The van der Waals surface area contributed by atoms with E-state index >= 15 is 0 Å². The van der Waals surface area contributed by atoms with Gasteiger partial charge in [0.25, 0.3) is 0 Å². The number of para-hydroxylation sites is 1. The van der Waals surface area contributed by atoms with Crippen molar-refractivity contribution in [3.8, 4) is 0 Å². The molecule has 3 N–H and O–H groups in total. The first kappa shape index (κ1) is 17.2. The van der Waals surface area contributed by atoms with E-state index in [4.69, 9.17) is 0 Å². The van der Waals surface area contributed by atoms with E-state index in [0.717, 1.165) is 11.3 Å². The fraction of sp³-hybridized carbons (Fsp3) is 0.286. The van der Waals surface area contributed by atoms with Crippen molar-refractivity contribution in [1.82, 2.24) is 20.8 Å². The van der Waals surface area contributed by atoms with Crippen LogP contribution in [-0.4, -0.2) is 41.4 Å². The first-order chi connectivity index (χ1) is 11.1. The van der Waals surface area contributed by atoms with Gasteiger partial charge in [-0.1, -0.05) is 41.3 Å². The first-order valence-corrected chi connectivity index (χ1v) is 8.65. The maximum atomic E-state index is 11.6. The van der Waals surface area contributed by atoms with E-state index in [9.17, 15) is 9.59 Å². The number of aryl methyl sites for hydroxylation is 1. The fourth-order valence-corrected chi connectivity index (χ4v) is 3.19. The van der Waals surface area contributed by atoms with E-state index in [2.05, 4.69) is 26.1 Å². The highest BCUT2D eigenvalue weighted by Crippen LogP contribution is 2.28. The van der Waals surface area contributed by atoms with Crippen LogP contribution in [-0.2, 0) is 9.59 Å². The zero-order chi connectivity index (χ0) is 16.7. The molecule has 1 aromatic carbocycles. The second-order valence-corrected chi connectivity index (χ2v) is 6.75. The van der Waals surface area contributed by atoms with Gasteiger partial charge < -0.3 is 16.0 Å². The molecule has 0 aliphatic carbocycles. The molecule has 1 heterocycles. The number of benzene rings is 1. The minimum atomic E-state index is -0.232. The third kappa shape index (κ3) is 5.53. The van der Waals surface area contributed by atoms with Gasteiger partial charge in [0.1, 0.15) is 0 Å². The molecule has 0 radical (unpaired) electrons. The zero-order valence-electron chi connectivity index (χ0n) is 12.8. The minimum Gasteiger partial charge on any atom is -0.358 e. The van der Waals surface area contributed by atoms with Gasteiger partial charge in [-0.3, -0.25) is 9.59 Å². The van der Waals surface area contributed by atoms with Gasteiger partial charge in [-0.25, -0.2) is 0 Å². The number of carbonyl (C=O) groups is 2. The van der Waals surface area contributed by atoms with E-state index in [-0.39, 0.29) is 24.1 Å². The Kier molecular flexibility index (Phi) is 6.36. The summed E-state index contributed by atoms with van der Waals surface area (Å²) in [7, 11) is 1.52. The van der Waals surface area contributed by atoms with Crippen LogP contribution in [0.4, 0.5) is 10.8 Å². The summed E-state index contributed by atoms with van der Waals surface area (Å²) in [5.74, 6) is -0.262. The normalized spacial score (nSPS) is 10.2. The number of nitrogens with one attached hydrogen (secondary N) is 3. The number of hydrogen-bond donors (Lipinski definition) is 3. The molecule has 23 heavy (non-hydrogen) atoms. The Balaban J connectivity index is 1.82. The summed E-state index contributed by atoms with van der Waals surface area (Å²) in [5, 5.41) is 16.9. The highest BCUT2D eigenvalue weighted by molar-refractivity contribution is 8.01. The van der Waals surface area contributed by atoms with Crippen LogP contribution >= 0.6 is 23.1 Å². The monoisotopic (exact) mass is 351 g/mol. The molecule has 0 aliphatic rings. The van der Waals surface area contributed by atoms with Gasteiger partial charge in [0, 0.05) is 12.7 Å². The predicted molar refractivity (Wildman–Crippen MR) is 92.2 cm³/mol. The maximum Gasteiger partial charge on any atom is 0.239 e. The third-order valence-corrected chi connectivity index (χ3v) is 4.82. The smallest absolute Gasteiger partial charge is 0.239 e. The van der Waals surface area contributed by atoms with Gasteiger partial charge in [-0.05, 0) is 18.6 Å². The summed E-state index contributed by atoms with van der Waals surface area (Å²) in [6, 6.07) is 7.90. The van der Waals surface area contributed by atoms with Crippen LogP contribution in [0.25, 0.3) is 0 Å². The fourth-order valence-electron chi connectivity index (χ4n) is 1.59. The van der Waals surface area contributed by atoms with E-state index < -0.39 is 0 Å². The molecule has 0 saturated carbocycles. The predicted octanol–water partition coefficient (Wildman–Crippen LogP) is 1.54. The van der Waals surface area contributed by atoms with Crippen LogP contribution in [0.2, 0.25) is 0 Å². The van der Waals surface area contributed by atoms with Crippen LogP contribution < -0.4 is 16.0 Å². The average molecular weight is 351 g/mol. The molecule has 7 nitrogen and oxygen atoms in total. The van der Waals surface area contributed by atoms with Crippen LogP contribution in [0.1, 0.15) is 5.56 Å². The van der Waals surface area contributed by atoms with E-state index in [1.54, 1.807) is 0 Å². The van der Waals surface area contributed by atoms with E-state index in [1.165, 1.54) is 30.1 Å². The molecule has 2 rings (SSSR count). The van der Waals surface area contributed by atoms with Crippen molar-refractivity contribution in [2.24, 2.45) is 0 Å². The third-order valence-electron chi connectivity index (χ3n) is 2.84. The highest BCUT2D eigenvalue weighted by atomic mass is 32.2. The molecular weight excluding hydrogens is 334 g/mol. The largest absolute Gasteiger partial charge is 0.358 e. The zero-order valence-corrected chi connectivity index (χ0v) is 14.4. The number of nitrogens with zero attached hydrogens (tertiary/aromatic N) is 2. The van der Waals surface area contributed by atoms with Crippen LogP contribution in [0, 0.1) is 6.92 Å². The molecule has 0 bridgehead atoms. The Bertz CT molecular complexity index is 689. The van der Waals surface area contributed by atoms with Crippen molar-refractivity contribution in [2.75, 3.05) is 24.7 Å². The quantitative estimate of drug-likeness (QED) is 0.655. The Labute approximate surface area is 142 Å². The Morgan fingerprint density at radius 3 is 2.74 bits per heavy atom. The molecule has 9 heteroatoms. The van der Waals surface area contributed by atoms with Crippen molar-refractivity contribution < 1.29 is 9.59 Å². The molecule has 0 aliphatic heterocycles. The lowest BCUT2D eigenvalue weighted by molar-refractivity contribution is -0.124. The molecular formula is C14H17N5O2S2. The lowest BCUT2D eigenvalue weighted by Gasteiger charge is -2.04. The number of hydrogen-bond acceptors (Lipinski definition) is 7. The lowest BCUT2D eigenvalue weighted by Crippen LogP contribution is -2.35. The topological polar surface area (TPSA) is 96.0 Å². The Hall–Kier alpha value is -2.13. The minimum absolute atomic E-state index is 0.0217. The lowest BCUT2D eigenvalue weighted by atomic mass is 10.2. The van der Waals surface area contributed by atoms with Crippen molar-refractivity contribution in [2.45, 2.75) is 11.3 Å². The number of anilines is 2. The highest BCUT2D eigenvalue weighted by Gasteiger charge is 2.09. The van der Waals surface area contributed by atoms with E-state index in [0.29, 0.717) is 9.47 Å². The molecule has 2 aromatic rings. The van der Waals surface area contributed by atoms with Crippen molar-refractivity contribution >= 4 is 45.7 Å².